The van der Waals surface area contributed by atoms with Crippen LogP contribution in [0.1, 0.15) is 40.5 Å². The van der Waals surface area contributed by atoms with Gasteiger partial charge >= 0.3 is 0 Å². The SMILES string of the molecule is COc1ccc(N(CCC(C)C)CCC(C)C)c(N)c1. The zero-order valence-corrected chi connectivity index (χ0v) is 13.6. The van der Waals surface area contributed by atoms with Crippen LogP contribution in [0, 0.1) is 11.8 Å². The van der Waals surface area contributed by atoms with E-state index in [1.165, 1.54) is 12.8 Å². The van der Waals surface area contributed by atoms with Crippen LogP contribution in [-0.4, -0.2) is 20.2 Å². The average Bonchev–Trinajstić information content (AvgIpc) is 2.39. The molecule has 1 aromatic carbocycles. The van der Waals surface area contributed by atoms with Crippen LogP contribution in [0.5, 0.6) is 5.75 Å². The maximum Gasteiger partial charge on any atom is 0.121 e. The van der Waals surface area contributed by atoms with Crippen molar-refractivity contribution in [1.82, 2.24) is 0 Å². The first-order valence-corrected chi connectivity index (χ1v) is 7.62. The second-order valence-corrected chi connectivity index (χ2v) is 6.28. The number of rotatable bonds is 8. The van der Waals surface area contributed by atoms with E-state index >= 15 is 0 Å². The summed E-state index contributed by atoms with van der Waals surface area (Å²) in [4.78, 5) is 2.41. The van der Waals surface area contributed by atoms with Gasteiger partial charge in [0, 0.05) is 19.2 Å². The number of nitrogen functional groups attached to an aromatic ring is 1. The Balaban J connectivity index is 2.84. The standard InChI is InChI=1S/C17H30N2O/c1-13(2)8-10-19(11-9-14(3)4)17-7-6-15(20-5)12-16(17)18/h6-7,12-14H,8-11,18H2,1-5H3. The molecule has 3 nitrogen and oxygen atoms in total. The van der Waals surface area contributed by atoms with Gasteiger partial charge in [-0.2, -0.15) is 0 Å². The van der Waals surface area contributed by atoms with Gasteiger partial charge in [-0.1, -0.05) is 27.7 Å². The van der Waals surface area contributed by atoms with Crippen LogP contribution in [0.2, 0.25) is 0 Å². The quantitative estimate of drug-likeness (QED) is 0.725. The molecule has 0 aliphatic carbocycles. The molecule has 2 N–H and O–H groups in total. The van der Waals surface area contributed by atoms with Crippen molar-refractivity contribution in [2.75, 3.05) is 30.8 Å². The molecule has 0 bridgehead atoms. The highest BCUT2D eigenvalue weighted by Crippen LogP contribution is 2.28. The third-order valence-electron chi connectivity index (χ3n) is 3.53. The van der Waals surface area contributed by atoms with Gasteiger partial charge in [0.05, 0.1) is 18.5 Å². The number of benzene rings is 1. The summed E-state index contributed by atoms with van der Waals surface area (Å²) in [5.74, 6) is 2.23. The van der Waals surface area contributed by atoms with Gasteiger partial charge in [-0.15, -0.1) is 0 Å². The smallest absolute Gasteiger partial charge is 0.121 e. The summed E-state index contributed by atoms with van der Waals surface area (Å²) >= 11 is 0. The molecular formula is C17H30N2O. The Morgan fingerprint density at radius 2 is 1.60 bits per heavy atom. The van der Waals surface area contributed by atoms with Crippen LogP contribution >= 0.6 is 0 Å². The minimum absolute atomic E-state index is 0.705. The Kier molecular flexibility index (Phi) is 6.69. The third kappa shape index (κ3) is 5.32. The molecular weight excluding hydrogens is 248 g/mol. The first kappa shape index (κ1) is 16.7. The number of anilines is 2. The number of nitrogens with zero attached hydrogens (tertiary/aromatic N) is 1. The molecule has 0 aliphatic rings. The predicted molar refractivity (Wildman–Crippen MR) is 88.5 cm³/mol. The van der Waals surface area contributed by atoms with Crippen LogP contribution in [0.3, 0.4) is 0 Å². The molecule has 114 valence electrons. The van der Waals surface area contributed by atoms with Crippen LogP contribution < -0.4 is 15.4 Å². The number of nitrogens with two attached hydrogens (primary N) is 1. The fraction of sp³-hybridized carbons (Fsp3) is 0.647. The molecule has 1 rings (SSSR count). The van der Waals surface area contributed by atoms with E-state index in [1.807, 2.05) is 12.1 Å². The van der Waals surface area contributed by atoms with E-state index in [9.17, 15) is 0 Å². The molecule has 0 aromatic heterocycles. The van der Waals surface area contributed by atoms with E-state index in [-0.39, 0.29) is 0 Å². The Hall–Kier alpha value is -1.38. The fourth-order valence-electron chi connectivity index (χ4n) is 2.13. The highest BCUT2D eigenvalue weighted by molar-refractivity contribution is 5.69. The molecule has 1 aromatic rings. The molecule has 20 heavy (non-hydrogen) atoms. The maximum absolute atomic E-state index is 6.19. The molecule has 0 spiro atoms. The van der Waals surface area contributed by atoms with Crippen LogP contribution in [0.25, 0.3) is 0 Å². The molecule has 0 atom stereocenters. The Bertz CT molecular complexity index is 390. The van der Waals surface area contributed by atoms with Gasteiger partial charge in [0.15, 0.2) is 0 Å². The fourth-order valence-corrected chi connectivity index (χ4v) is 2.13. The molecule has 0 fully saturated rings. The Morgan fingerprint density at radius 1 is 1.05 bits per heavy atom. The first-order chi connectivity index (χ1) is 9.43. The van der Waals surface area contributed by atoms with Crippen molar-refractivity contribution in [3.05, 3.63) is 18.2 Å². The molecule has 0 saturated heterocycles. The predicted octanol–water partition coefficient (Wildman–Crippen LogP) is 4.18. The van der Waals surface area contributed by atoms with E-state index < -0.39 is 0 Å². The van der Waals surface area contributed by atoms with Crippen molar-refractivity contribution in [1.29, 1.82) is 0 Å². The van der Waals surface area contributed by atoms with Gasteiger partial charge in [-0.25, -0.2) is 0 Å². The van der Waals surface area contributed by atoms with Crippen molar-refractivity contribution in [2.24, 2.45) is 11.8 Å². The summed E-state index contributed by atoms with van der Waals surface area (Å²) in [5.41, 5.74) is 8.12. The molecule has 0 heterocycles. The summed E-state index contributed by atoms with van der Waals surface area (Å²) in [6, 6.07) is 5.98. The van der Waals surface area contributed by atoms with Gasteiger partial charge < -0.3 is 15.4 Å². The summed E-state index contributed by atoms with van der Waals surface area (Å²) < 4.78 is 5.23. The van der Waals surface area contributed by atoms with Gasteiger partial charge in [0.2, 0.25) is 0 Å². The lowest BCUT2D eigenvalue weighted by Gasteiger charge is -2.28. The molecule has 3 heteroatoms. The average molecular weight is 278 g/mol. The maximum atomic E-state index is 6.19. The Morgan fingerprint density at radius 3 is 2.00 bits per heavy atom. The normalized spacial score (nSPS) is 11.2. The lowest BCUT2D eigenvalue weighted by molar-refractivity contribution is 0.415. The lowest BCUT2D eigenvalue weighted by atomic mass is 10.1. The molecule has 0 aliphatic heterocycles. The lowest BCUT2D eigenvalue weighted by Crippen LogP contribution is -2.28. The third-order valence-corrected chi connectivity index (χ3v) is 3.53. The van der Waals surface area contributed by atoms with Crippen molar-refractivity contribution >= 4 is 11.4 Å². The van der Waals surface area contributed by atoms with Gasteiger partial charge in [-0.05, 0) is 36.8 Å². The number of methoxy groups -OCH3 is 1. The van der Waals surface area contributed by atoms with Gasteiger partial charge in [0.25, 0.3) is 0 Å². The second kappa shape index (κ2) is 8.03. The van der Waals surface area contributed by atoms with E-state index in [2.05, 4.69) is 38.7 Å². The van der Waals surface area contributed by atoms with Crippen LogP contribution in [0.15, 0.2) is 18.2 Å². The van der Waals surface area contributed by atoms with Crippen LogP contribution in [-0.2, 0) is 0 Å². The van der Waals surface area contributed by atoms with E-state index in [4.69, 9.17) is 10.5 Å². The summed E-state index contributed by atoms with van der Waals surface area (Å²) in [5, 5.41) is 0. The number of hydrogen-bond donors (Lipinski definition) is 1. The summed E-state index contributed by atoms with van der Waals surface area (Å²) in [7, 11) is 1.67. The van der Waals surface area contributed by atoms with Gasteiger partial charge in [0.1, 0.15) is 5.75 Å². The minimum atomic E-state index is 0.705. The highest BCUT2D eigenvalue weighted by Gasteiger charge is 2.12. The first-order valence-electron chi connectivity index (χ1n) is 7.62. The highest BCUT2D eigenvalue weighted by atomic mass is 16.5. The number of hydrogen-bond acceptors (Lipinski definition) is 3. The van der Waals surface area contributed by atoms with Crippen molar-refractivity contribution in [3.8, 4) is 5.75 Å². The molecule has 0 radical (unpaired) electrons. The topological polar surface area (TPSA) is 38.5 Å². The minimum Gasteiger partial charge on any atom is -0.497 e. The second-order valence-electron chi connectivity index (χ2n) is 6.28. The van der Waals surface area contributed by atoms with E-state index in [0.717, 1.165) is 30.2 Å². The van der Waals surface area contributed by atoms with Crippen LogP contribution in [0.4, 0.5) is 11.4 Å². The zero-order valence-electron chi connectivity index (χ0n) is 13.6. The van der Waals surface area contributed by atoms with Gasteiger partial charge in [-0.3, -0.25) is 0 Å². The monoisotopic (exact) mass is 278 g/mol. The molecule has 0 saturated carbocycles. The summed E-state index contributed by atoms with van der Waals surface area (Å²) in [6.45, 7) is 11.2. The van der Waals surface area contributed by atoms with E-state index in [1.54, 1.807) is 7.11 Å². The van der Waals surface area contributed by atoms with E-state index in [0.29, 0.717) is 11.8 Å². The molecule has 0 amide bonds. The zero-order chi connectivity index (χ0) is 15.1. The molecule has 0 unspecified atom stereocenters. The summed E-state index contributed by atoms with van der Waals surface area (Å²) in [6.07, 6.45) is 2.37. The number of ether oxygens (including phenoxy) is 1. The largest absolute Gasteiger partial charge is 0.497 e. The van der Waals surface area contributed by atoms with Crippen molar-refractivity contribution < 1.29 is 4.74 Å². The Labute approximate surface area is 124 Å². The van der Waals surface area contributed by atoms with Crippen molar-refractivity contribution in [3.63, 3.8) is 0 Å². The van der Waals surface area contributed by atoms with Crippen molar-refractivity contribution in [2.45, 2.75) is 40.5 Å².